The molecule has 0 atom stereocenters. The molecule has 0 saturated heterocycles. The van der Waals surface area contributed by atoms with Gasteiger partial charge >= 0.3 is 0 Å². The van der Waals surface area contributed by atoms with Crippen molar-refractivity contribution in [1.29, 1.82) is 0 Å². The van der Waals surface area contributed by atoms with Gasteiger partial charge < -0.3 is 0 Å². The number of rotatable bonds is 6. The normalized spacial score (nSPS) is 13.3. The van der Waals surface area contributed by atoms with E-state index in [1.54, 1.807) is 66.8 Å². The molecule has 0 fully saturated rings. The van der Waals surface area contributed by atoms with Crippen LogP contribution in [0.25, 0.3) is 22.5 Å². The number of amides is 2. The summed E-state index contributed by atoms with van der Waals surface area (Å²) >= 11 is 12.1. The van der Waals surface area contributed by atoms with Gasteiger partial charge in [0.25, 0.3) is 11.8 Å². The monoisotopic (exact) mass is 461 g/mol. The molecular weight excluding hydrogens is 445 g/mol. The highest BCUT2D eigenvalue weighted by atomic mass is 35.5. The van der Waals surface area contributed by atoms with Crippen molar-refractivity contribution >= 4 is 35.0 Å². The summed E-state index contributed by atoms with van der Waals surface area (Å²) in [5, 5.41) is 1.14. The van der Waals surface area contributed by atoms with Crippen LogP contribution in [-0.4, -0.2) is 33.2 Å². The minimum atomic E-state index is -0.507. The van der Waals surface area contributed by atoms with Gasteiger partial charge in [0, 0.05) is 21.2 Å². The second kappa shape index (κ2) is 8.91. The van der Waals surface area contributed by atoms with Gasteiger partial charge in [0.1, 0.15) is 0 Å². The first-order chi connectivity index (χ1) is 15.4. The molecule has 3 aromatic rings. The van der Waals surface area contributed by atoms with E-state index >= 15 is 0 Å². The summed E-state index contributed by atoms with van der Waals surface area (Å²) in [5.74, 6) is -1.01. The number of imide groups is 1. The predicted octanol–water partition coefficient (Wildman–Crippen LogP) is 6.01. The summed E-state index contributed by atoms with van der Waals surface area (Å²) in [6.45, 7) is 7.43. The molecule has 7 heteroatoms. The number of nitrogens with zero attached hydrogens (tertiary/aromatic N) is 3. The van der Waals surface area contributed by atoms with E-state index in [4.69, 9.17) is 23.2 Å². The molecule has 1 aromatic heterocycles. The Labute approximate surface area is 195 Å². The SMILES string of the molecule is C=CC=C(C=C)CN1C(=O)c2nc(-c3ccc(Cl)cc3)c(-c3ccc(Cl)cc3)nc2C1=O. The molecule has 0 saturated carbocycles. The van der Waals surface area contributed by atoms with Crippen molar-refractivity contribution in [3.8, 4) is 22.5 Å². The summed E-state index contributed by atoms with van der Waals surface area (Å²) in [4.78, 5) is 36.4. The van der Waals surface area contributed by atoms with Crippen LogP contribution in [0.2, 0.25) is 10.0 Å². The van der Waals surface area contributed by atoms with Crippen molar-refractivity contribution in [2.75, 3.05) is 6.54 Å². The fourth-order valence-corrected chi connectivity index (χ4v) is 3.61. The van der Waals surface area contributed by atoms with E-state index in [1.807, 2.05) is 0 Å². The highest BCUT2D eigenvalue weighted by Gasteiger charge is 2.39. The lowest BCUT2D eigenvalue weighted by Gasteiger charge is -2.13. The molecule has 2 amide bonds. The van der Waals surface area contributed by atoms with Crippen LogP contribution in [0.15, 0.2) is 85.5 Å². The number of hydrogen-bond acceptors (Lipinski definition) is 4. The lowest BCUT2D eigenvalue weighted by Crippen LogP contribution is -2.31. The number of aromatic nitrogens is 2. The lowest BCUT2D eigenvalue weighted by molar-refractivity contribution is 0.0665. The minimum Gasteiger partial charge on any atom is -0.267 e. The standard InChI is InChI=1S/C25H17Cl2N3O2/c1-3-5-15(4-2)14-30-24(31)22-23(25(30)32)29-21(17-8-12-19(27)13-9-17)20(28-22)16-6-10-18(26)11-7-16/h3-13H,1-2,14H2. The molecule has 32 heavy (non-hydrogen) atoms. The Morgan fingerprint density at radius 3 is 1.59 bits per heavy atom. The topological polar surface area (TPSA) is 63.2 Å². The predicted molar refractivity (Wildman–Crippen MR) is 127 cm³/mol. The third-order valence-electron chi connectivity index (χ3n) is 4.96. The molecule has 1 aliphatic heterocycles. The van der Waals surface area contributed by atoms with Gasteiger partial charge in [0.05, 0.1) is 17.9 Å². The molecule has 2 heterocycles. The summed E-state index contributed by atoms with van der Waals surface area (Å²) in [6, 6.07) is 14.1. The number of carbonyl (C=O) groups excluding carboxylic acids is 2. The zero-order valence-electron chi connectivity index (χ0n) is 16.9. The van der Waals surface area contributed by atoms with Crippen LogP contribution in [0, 0.1) is 0 Å². The first kappa shape index (κ1) is 21.7. The molecule has 0 spiro atoms. The van der Waals surface area contributed by atoms with E-state index in [9.17, 15) is 9.59 Å². The molecule has 0 aliphatic carbocycles. The molecule has 1 aliphatic rings. The fourth-order valence-electron chi connectivity index (χ4n) is 3.36. The number of carbonyl (C=O) groups is 2. The third kappa shape index (κ3) is 4.00. The van der Waals surface area contributed by atoms with Gasteiger partial charge in [-0.1, -0.05) is 78.9 Å². The van der Waals surface area contributed by atoms with Crippen molar-refractivity contribution in [2.24, 2.45) is 0 Å². The number of benzene rings is 2. The molecule has 0 unspecified atom stereocenters. The summed E-state index contributed by atoms with van der Waals surface area (Å²) in [7, 11) is 0. The van der Waals surface area contributed by atoms with Crippen molar-refractivity contribution in [3.05, 3.63) is 107 Å². The number of halogens is 2. The Bertz CT molecular complexity index is 1200. The average Bonchev–Trinajstić information content (AvgIpc) is 3.03. The van der Waals surface area contributed by atoms with Crippen molar-refractivity contribution in [2.45, 2.75) is 0 Å². The van der Waals surface area contributed by atoms with Gasteiger partial charge in [-0.3, -0.25) is 14.5 Å². The summed E-state index contributed by atoms with van der Waals surface area (Å²) < 4.78 is 0. The van der Waals surface area contributed by atoms with Gasteiger partial charge in [-0.25, -0.2) is 9.97 Å². The summed E-state index contributed by atoms with van der Waals surface area (Å²) in [5.41, 5.74) is 3.07. The third-order valence-corrected chi connectivity index (χ3v) is 5.47. The Balaban J connectivity index is 1.87. The number of allylic oxidation sites excluding steroid dienone is 2. The van der Waals surface area contributed by atoms with E-state index < -0.39 is 11.8 Å². The lowest BCUT2D eigenvalue weighted by atomic mass is 10.0. The Hall–Kier alpha value is -3.54. The maximum Gasteiger partial charge on any atom is 0.282 e. The quantitative estimate of drug-likeness (QED) is 0.332. The second-order valence-corrected chi connectivity index (χ2v) is 7.88. The average molecular weight is 462 g/mol. The van der Waals surface area contributed by atoms with E-state index in [0.717, 1.165) is 4.90 Å². The van der Waals surface area contributed by atoms with Crippen LogP contribution < -0.4 is 0 Å². The van der Waals surface area contributed by atoms with Crippen LogP contribution >= 0.6 is 23.2 Å². The number of fused-ring (bicyclic) bond motifs is 1. The summed E-state index contributed by atoms with van der Waals surface area (Å²) in [6.07, 6.45) is 4.84. The highest BCUT2D eigenvalue weighted by molar-refractivity contribution is 6.31. The van der Waals surface area contributed by atoms with Crippen LogP contribution in [0.5, 0.6) is 0 Å². The molecule has 0 N–H and O–H groups in total. The van der Waals surface area contributed by atoms with E-state index in [-0.39, 0.29) is 17.9 Å². The minimum absolute atomic E-state index is 0.0136. The molecular formula is C25H17Cl2N3O2. The van der Waals surface area contributed by atoms with Gasteiger partial charge in [-0.15, -0.1) is 0 Å². The molecule has 0 bridgehead atoms. The Morgan fingerprint density at radius 1 is 0.781 bits per heavy atom. The molecule has 2 aromatic carbocycles. The zero-order chi connectivity index (χ0) is 22.8. The fraction of sp³-hybridized carbons (Fsp3) is 0.0400. The molecule has 158 valence electrons. The largest absolute Gasteiger partial charge is 0.282 e. The van der Waals surface area contributed by atoms with Gasteiger partial charge in [0.2, 0.25) is 0 Å². The molecule has 4 rings (SSSR count). The van der Waals surface area contributed by atoms with Crippen LogP contribution in [-0.2, 0) is 0 Å². The maximum absolute atomic E-state index is 13.1. The van der Waals surface area contributed by atoms with Gasteiger partial charge in [-0.05, 0) is 29.8 Å². The van der Waals surface area contributed by atoms with E-state index in [0.29, 0.717) is 38.1 Å². The van der Waals surface area contributed by atoms with Crippen LogP contribution in [0.4, 0.5) is 0 Å². The number of hydrogen-bond donors (Lipinski definition) is 0. The smallest absolute Gasteiger partial charge is 0.267 e. The highest BCUT2D eigenvalue weighted by Crippen LogP contribution is 2.34. The Morgan fingerprint density at radius 2 is 1.22 bits per heavy atom. The van der Waals surface area contributed by atoms with E-state index in [2.05, 4.69) is 23.1 Å². The van der Waals surface area contributed by atoms with Gasteiger partial charge in [0.15, 0.2) is 11.4 Å². The first-order valence-electron chi connectivity index (χ1n) is 9.67. The zero-order valence-corrected chi connectivity index (χ0v) is 18.4. The van der Waals surface area contributed by atoms with E-state index in [1.165, 1.54) is 0 Å². The van der Waals surface area contributed by atoms with Crippen LogP contribution in [0.1, 0.15) is 21.0 Å². The maximum atomic E-state index is 13.1. The van der Waals surface area contributed by atoms with Crippen LogP contribution in [0.3, 0.4) is 0 Å². The second-order valence-electron chi connectivity index (χ2n) is 7.01. The van der Waals surface area contributed by atoms with Crippen molar-refractivity contribution in [3.63, 3.8) is 0 Å². The molecule has 5 nitrogen and oxygen atoms in total. The first-order valence-corrected chi connectivity index (χ1v) is 10.4. The van der Waals surface area contributed by atoms with Crippen molar-refractivity contribution < 1.29 is 9.59 Å². The Kier molecular flexibility index (Phi) is 6.04. The van der Waals surface area contributed by atoms with Crippen molar-refractivity contribution in [1.82, 2.24) is 14.9 Å². The van der Waals surface area contributed by atoms with Gasteiger partial charge in [-0.2, -0.15) is 0 Å². The molecule has 0 radical (unpaired) electrons.